The third-order valence-electron chi connectivity index (χ3n) is 3.16. The summed E-state index contributed by atoms with van der Waals surface area (Å²) in [5.41, 5.74) is 3.01. The summed E-state index contributed by atoms with van der Waals surface area (Å²) in [7, 11) is 0. The summed E-state index contributed by atoms with van der Waals surface area (Å²) in [4.78, 5) is 13.4. The second kappa shape index (κ2) is 7.74. The molecular weight excluding hydrogens is 473 g/mol. The topological polar surface area (TPSA) is 65.0 Å². The summed E-state index contributed by atoms with van der Waals surface area (Å²) in [5.74, 6) is 0.944. The number of hydrogen-bond donors (Lipinski definition) is 0. The second-order valence-electron chi connectivity index (χ2n) is 4.64. The van der Waals surface area contributed by atoms with Crippen molar-refractivity contribution in [1.82, 2.24) is 15.0 Å². The Morgan fingerprint density at radius 2 is 1.26 bits per heavy atom. The molecule has 8 heteroatoms. The first kappa shape index (κ1) is 18.4. The Kier molecular flexibility index (Phi) is 6.18. The maximum absolute atomic E-state index is 5.51. The van der Waals surface area contributed by atoms with Gasteiger partial charge < -0.3 is 8.83 Å². The van der Waals surface area contributed by atoms with Crippen molar-refractivity contribution in [2.45, 2.75) is 26.7 Å². The van der Waals surface area contributed by atoms with E-state index < -0.39 is 0 Å². The second-order valence-corrected chi connectivity index (χ2v) is 6.35. The molecule has 23 heavy (non-hydrogen) atoms. The number of hydrogen-bond acceptors (Lipinski definition) is 5. The predicted molar refractivity (Wildman–Crippen MR) is 89.4 cm³/mol. The van der Waals surface area contributed by atoms with Crippen LogP contribution in [0.3, 0.4) is 0 Å². The number of aromatic nitrogens is 3. The van der Waals surface area contributed by atoms with Crippen molar-refractivity contribution < 1.29 is 25.6 Å². The van der Waals surface area contributed by atoms with Crippen LogP contribution in [0, 0.1) is 0 Å². The molecule has 0 atom stereocenters. The smallest absolute Gasteiger partial charge is 0.246 e. The van der Waals surface area contributed by atoms with Gasteiger partial charge in [0.05, 0.1) is 11.4 Å². The van der Waals surface area contributed by atoms with Crippen molar-refractivity contribution in [1.29, 1.82) is 0 Å². The molecule has 3 aromatic rings. The van der Waals surface area contributed by atoms with Gasteiger partial charge in [0.1, 0.15) is 23.9 Å². The molecule has 0 aliphatic heterocycles. The molecule has 0 aliphatic carbocycles. The molecule has 5 nitrogen and oxygen atoms in total. The molecule has 1 radical (unpaired) electrons. The maximum Gasteiger partial charge on any atom is 0.246 e. The molecule has 3 rings (SSSR count). The molecule has 0 aliphatic rings. The molecule has 0 saturated heterocycles. The molecule has 0 amide bonds. The van der Waals surface area contributed by atoms with E-state index in [2.05, 4.69) is 46.8 Å². The molecule has 0 spiro atoms. The Balaban J connectivity index is 0.00000192. The van der Waals surface area contributed by atoms with E-state index in [9.17, 15) is 0 Å². The molecule has 0 saturated carbocycles. The minimum absolute atomic E-state index is 0. The molecular formula is C15H13Br2CoN3O2. The van der Waals surface area contributed by atoms with Gasteiger partial charge in [-0.15, -0.1) is 0 Å². The minimum Gasteiger partial charge on any atom is -0.443 e. The third kappa shape index (κ3) is 3.76. The average Bonchev–Trinajstić information content (AvgIpc) is 3.16. The van der Waals surface area contributed by atoms with Crippen molar-refractivity contribution >= 4 is 31.9 Å². The molecule has 0 unspecified atom stereocenters. The first-order chi connectivity index (χ1) is 10.6. The number of aryl methyl sites for hydroxylation is 2. The van der Waals surface area contributed by atoms with Crippen LogP contribution in [0.2, 0.25) is 0 Å². The van der Waals surface area contributed by atoms with Gasteiger partial charge in [0.15, 0.2) is 0 Å². The third-order valence-corrected chi connectivity index (χ3v) is 4.37. The SMILES string of the molecule is CCc1coc(-c2nc(-c3nc(CC)co3)c(Br)cc2Br)n1.[Co]. The first-order valence-electron chi connectivity index (χ1n) is 6.88. The van der Waals surface area contributed by atoms with Crippen LogP contribution >= 0.6 is 31.9 Å². The fourth-order valence-corrected chi connectivity index (χ4v) is 3.20. The zero-order valence-corrected chi connectivity index (χ0v) is 16.6. The van der Waals surface area contributed by atoms with Crippen LogP contribution in [0.4, 0.5) is 0 Å². The van der Waals surface area contributed by atoms with Gasteiger partial charge in [0.2, 0.25) is 11.8 Å². The van der Waals surface area contributed by atoms with E-state index in [1.807, 2.05) is 19.9 Å². The van der Waals surface area contributed by atoms with Gasteiger partial charge in [0, 0.05) is 25.7 Å². The molecule has 3 aromatic heterocycles. The van der Waals surface area contributed by atoms with E-state index in [4.69, 9.17) is 8.83 Å². The Labute approximate surface area is 160 Å². The quantitative estimate of drug-likeness (QED) is 0.518. The van der Waals surface area contributed by atoms with Crippen LogP contribution in [0.15, 0.2) is 36.4 Å². The van der Waals surface area contributed by atoms with Crippen LogP contribution in [0.1, 0.15) is 25.2 Å². The van der Waals surface area contributed by atoms with Crippen LogP contribution in [0.5, 0.6) is 0 Å². The van der Waals surface area contributed by atoms with E-state index in [1.165, 1.54) is 0 Å². The van der Waals surface area contributed by atoms with Crippen LogP contribution in [-0.2, 0) is 29.6 Å². The Hall–Kier alpha value is -0.964. The first-order valence-corrected chi connectivity index (χ1v) is 8.46. The van der Waals surface area contributed by atoms with Gasteiger partial charge in [-0.25, -0.2) is 15.0 Å². The largest absolute Gasteiger partial charge is 0.443 e. The molecule has 3 heterocycles. The summed E-state index contributed by atoms with van der Waals surface area (Å²) in [6.07, 6.45) is 4.91. The van der Waals surface area contributed by atoms with Crippen molar-refractivity contribution in [3.8, 4) is 23.2 Å². The number of nitrogens with zero attached hydrogens (tertiary/aromatic N) is 3. The van der Waals surface area contributed by atoms with Gasteiger partial charge in [-0.3, -0.25) is 0 Å². The summed E-state index contributed by atoms with van der Waals surface area (Å²) < 4.78 is 12.6. The fourth-order valence-electron chi connectivity index (χ4n) is 1.92. The van der Waals surface area contributed by atoms with Gasteiger partial charge in [-0.1, -0.05) is 13.8 Å². The fraction of sp³-hybridized carbons (Fsp3) is 0.267. The summed E-state index contributed by atoms with van der Waals surface area (Å²) in [6.45, 7) is 4.05. The Morgan fingerprint density at radius 1 is 0.826 bits per heavy atom. The summed E-state index contributed by atoms with van der Waals surface area (Å²) >= 11 is 6.99. The van der Waals surface area contributed by atoms with Gasteiger partial charge in [0.25, 0.3) is 0 Å². The molecule has 0 fully saturated rings. The Bertz CT molecular complexity index is 753. The zero-order chi connectivity index (χ0) is 15.7. The van der Waals surface area contributed by atoms with Gasteiger partial charge in [-0.2, -0.15) is 0 Å². The van der Waals surface area contributed by atoms with E-state index in [-0.39, 0.29) is 16.8 Å². The van der Waals surface area contributed by atoms with Crippen LogP contribution in [-0.4, -0.2) is 15.0 Å². The van der Waals surface area contributed by atoms with Crippen molar-refractivity contribution in [3.05, 3.63) is 38.9 Å². The Morgan fingerprint density at radius 3 is 1.61 bits per heavy atom. The number of pyridine rings is 1. The number of rotatable bonds is 4. The molecule has 123 valence electrons. The summed E-state index contributed by atoms with van der Waals surface area (Å²) in [5, 5.41) is 0. The van der Waals surface area contributed by atoms with E-state index in [0.29, 0.717) is 23.2 Å². The molecule has 0 bridgehead atoms. The molecule has 0 aromatic carbocycles. The number of oxazole rings is 2. The van der Waals surface area contributed by atoms with Crippen molar-refractivity contribution in [2.24, 2.45) is 0 Å². The van der Waals surface area contributed by atoms with Crippen LogP contribution < -0.4 is 0 Å². The monoisotopic (exact) mass is 484 g/mol. The average molecular weight is 486 g/mol. The predicted octanol–water partition coefficient (Wildman–Crippen LogP) is 5.04. The van der Waals surface area contributed by atoms with E-state index in [0.717, 1.165) is 33.2 Å². The normalized spacial score (nSPS) is 10.6. The maximum atomic E-state index is 5.51. The minimum atomic E-state index is 0. The zero-order valence-electron chi connectivity index (χ0n) is 12.4. The number of halogens is 2. The van der Waals surface area contributed by atoms with Gasteiger partial charge >= 0.3 is 0 Å². The van der Waals surface area contributed by atoms with Crippen molar-refractivity contribution in [2.75, 3.05) is 0 Å². The van der Waals surface area contributed by atoms with E-state index >= 15 is 0 Å². The standard InChI is InChI=1S/C15H13Br2N3O2.Co/c1-3-8-6-21-14(18-8)12-10(16)5-11(17)13(20-12)15-19-9(4-2)7-22-15;/h5-7H,3-4H2,1-2H3;. The molecule has 0 N–H and O–H groups in total. The van der Waals surface area contributed by atoms with Crippen molar-refractivity contribution in [3.63, 3.8) is 0 Å². The van der Waals surface area contributed by atoms with E-state index in [1.54, 1.807) is 12.5 Å². The summed E-state index contributed by atoms with van der Waals surface area (Å²) in [6, 6.07) is 1.89. The van der Waals surface area contributed by atoms with Crippen LogP contribution in [0.25, 0.3) is 23.2 Å². The van der Waals surface area contributed by atoms with Gasteiger partial charge in [-0.05, 0) is 50.8 Å².